The van der Waals surface area contributed by atoms with E-state index in [1.807, 2.05) is 4.57 Å². The lowest BCUT2D eigenvalue weighted by Crippen LogP contribution is -2.39. The number of nitrogens with zero attached hydrogens (tertiary/aromatic N) is 3. The third-order valence-corrected chi connectivity index (χ3v) is 8.92. The number of rotatable bonds is 5. The lowest BCUT2D eigenvalue weighted by Gasteiger charge is -2.33. The Balaban J connectivity index is 1.45. The van der Waals surface area contributed by atoms with Crippen LogP contribution in [0.25, 0.3) is 11.0 Å². The number of benzene rings is 2. The van der Waals surface area contributed by atoms with E-state index in [1.54, 1.807) is 12.1 Å². The van der Waals surface area contributed by atoms with Crippen LogP contribution in [-0.2, 0) is 25.7 Å². The molecule has 198 valence electrons. The highest BCUT2D eigenvalue weighted by atomic mass is 32.2. The van der Waals surface area contributed by atoms with E-state index in [0.717, 1.165) is 18.6 Å². The predicted molar refractivity (Wildman–Crippen MR) is 127 cm³/mol. The number of sulfonamides is 1. The molecule has 0 amide bonds. The number of carbonyl (C=O) groups is 1. The SMILES string of the molecule is COC(=O)c1ccccc1S(=O)(=O)N1CCC(n2c(C3CCCO3)nc3cc(C(F)(F)F)ccc32)CC1. The fourth-order valence-corrected chi connectivity index (χ4v) is 6.79. The summed E-state index contributed by atoms with van der Waals surface area (Å²) >= 11 is 0. The second-order valence-electron chi connectivity index (χ2n) is 9.17. The fourth-order valence-electron chi connectivity index (χ4n) is 5.14. The van der Waals surface area contributed by atoms with Crippen LogP contribution in [0.4, 0.5) is 13.2 Å². The maximum absolute atomic E-state index is 13.4. The number of esters is 1. The molecule has 2 aromatic carbocycles. The number of fused-ring (bicyclic) bond motifs is 1. The highest BCUT2D eigenvalue weighted by Crippen LogP contribution is 2.38. The highest BCUT2D eigenvalue weighted by molar-refractivity contribution is 7.89. The Bertz CT molecular complexity index is 1420. The molecule has 12 heteroatoms. The van der Waals surface area contributed by atoms with Crippen molar-refractivity contribution >= 4 is 27.0 Å². The predicted octanol–water partition coefficient (Wildman–Crippen LogP) is 4.72. The van der Waals surface area contributed by atoms with Gasteiger partial charge in [-0.3, -0.25) is 0 Å². The van der Waals surface area contributed by atoms with Crippen LogP contribution in [0, 0.1) is 0 Å². The maximum Gasteiger partial charge on any atom is 0.416 e. The van der Waals surface area contributed by atoms with Crippen molar-refractivity contribution < 1.29 is 35.9 Å². The van der Waals surface area contributed by atoms with Gasteiger partial charge in [-0.25, -0.2) is 18.2 Å². The van der Waals surface area contributed by atoms with E-state index in [2.05, 4.69) is 4.98 Å². The summed E-state index contributed by atoms with van der Waals surface area (Å²) in [5.41, 5.74) is 0.000754. The van der Waals surface area contributed by atoms with Crippen molar-refractivity contribution in [3.63, 3.8) is 0 Å². The molecule has 2 saturated heterocycles. The van der Waals surface area contributed by atoms with Gasteiger partial charge in [0.1, 0.15) is 11.9 Å². The summed E-state index contributed by atoms with van der Waals surface area (Å²) < 4.78 is 80.6. The Morgan fingerprint density at radius 1 is 1.11 bits per heavy atom. The van der Waals surface area contributed by atoms with E-state index >= 15 is 0 Å². The quantitative estimate of drug-likeness (QED) is 0.438. The third-order valence-electron chi connectivity index (χ3n) is 6.96. The van der Waals surface area contributed by atoms with Crippen molar-refractivity contribution in [2.75, 3.05) is 26.8 Å². The molecule has 0 radical (unpaired) electrons. The molecule has 1 aromatic heterocycles. The molecule has 1 unspecified atom stereocenters. The van der Waals surface area contributed by atoms with Crippen molar-refractivity contribution in [1.29, 1.82) is 0 Å². The summed E-state index contributed by atoms with van der Waals surface area (Å²) in [4.78, 5) is 16.6. The van der Waals surface area contributed by atoms with Gasteiger partial charge in [0.2, 0.25) is 10.0 Å². The molecular formula is C25H26F3N3O5S. The Hall–Kier alpha value is -2.96. The normalized spacial score (nSPS) is 19.9. The van der Waals surface area contributed by atoms with Crippen molar-refractivity contribution in [1.82, 2.24) is 13.9 Å². The van der Waals surface area contributed by atoms with Gasteiger partial charge < -0.3 is 14.0 Å². The molecule has 2 aliphatic rings. The topological polar surface area (TPSA) is 90.7 Å². The van der Waals surface area contributed by atoms with Crippen LogP contribution in [0.3, 0.4) is 0 Å². The number of halogens is 3. The summed E-state index contributed by atoms with van der Waals surface area (Å²) in [5, 5.41) is 0. The molecule has 2 fully saturated rings. The van der Waals surface area contributed by atoms with E-state index in [9.17, 15) is 26.4 Å². The minimum Gasteiger partial charge on any atom is -0.465 e. The number of aromatic nitrogens is 2. The molecular weight excluding hydrogens is 511 g/mol. The van der Waals surface area contributed by atoms with Gasteiger partial charge in [0.25, 0.3) is 0 Å². The molecule has 1 atom stereocenters. The number of alkyl halides is 3. The van der Waals surface area contributed by atoms with Gasteiger partial charge >= 0.3 is 12.1 Å². The molecule has 0 bridgehead atoms. The van der Waals surface area contributed by atoms with E-state index in [1.165, 1.54) is 29.6 Å². The lowest BCUT2D eigenvalue weighted by atomic mass is 10.1. The summed E-state index contributed by atoms with van der Waals surface area (Å²) in [5.74, 6) is -0.164. The minimum absolute atomic E-state index is 0.0335. The first kappa shape index (κ1) is 25.7. The van der Waals surface area contributed by atoms with Gasteiger partial charge in [-0.05, 0) is 56.0 Å². The van der Waals surface area contributed by atoms with Crippen LogP contribution in [0.15, 0.2) is 47.4 Å². The Morgan fingerprint density at radius 2 is 1.84 bits per heavy atom. The number of carbonyl (C=O) groups excluding carboxylic acids is 1. The van der Waals surface area contributed by atoms with E-state index in [0.29, 0.717) is 37.2 Å². The Labute approximate surface area is 212 Å². The first-order valence-corrected chi connectivity index (χ1v) is 13.4. The number of imidazole rings is 1. The molecule has 2 aliphatic heterocycles. The highest BCUT2D eigenvalue weighted by Gasteiger charge is 2.36. The van der Waals surface area contributed by atoms with Gasteiger partial charge in [0, 0.05) is 25.7 Å². The van der Waals surface area contributed by atoms with Gasteiger partial charge in [-0.2, -0.15) is 17.5 Å². The molecule has 0 aliphatic carbocycles. The Morgan fingerprint density at radius 3 is 2.49 bits per heavy atom. The monoisotopic (exact) mass is 537 g/mol. The van der Waals surface area contributed by atoms with Crippen LogP contribution in [0.1, 0.15) is 59.6 Å². The second kappa shape index (κ2) is 9.73. The van der Waals surface area contributed by atoms with Crippen LogP contribution >= 0.6 is 0 Å². The lowest BCUT2D eigenvalue weighted by molar-refractivity contribution is -0.137. The molecule has 0 spiro atoms. The fraction of sp³-hybridized carbons (Fsp3) is 0.440. The average Bonchev–Trinajstić information content (AvgIpc) is 3.55. The van der Waals surface area contributed by atoms with Crippen molar-refractivity contribution in [3.8, 4) is 0 Å². The third kappa shape index (κ3) is 4.73. The zero-order valence-corrected chi connectivity index (χ0v) is 20.9. The smallest absolute Gasteiger partial charge is 0.416 e. The number of methoxy groups -OCH3 is 1. The van der Waals surface area contributed by atoms with Crippen LogP contribution < -0.4 is 0 Å². The van der Waals surface area contributed by atoms with E-state index in [-0.39, 0.29) is 41.2 Å². The molecule has 0 saturated carbocycles. The first-order chi connectivity index (χ1) is 17.6. The van der Waals surface area contributed by atoms with Gasteiger partial charge in [0.15, 0.2) is 0 Å². The number of hydrogen-bond donors (Lipinski definition) is 0. The second-order valence-corrected chi connectivity index (χ2v) is 11.1. The molecule has 37 heavy (non-hydrogen) atoms. The average molecular weight is 538 g/mol. The largest absolute Gasteiger partial charge is 0.465 e. The first-order valence-electron chi connectivity index (χ1n) is 12.0. The molecule has 3 aromatic rings. The summed E-state index contributed by atoms with van der Waals surface area (Å²) in [6.45, 7) is 0.902. The zero-order valence-electron chi connectivity index (χ0n) is 20.1. The van der Waals surface area contributed by atoms with Crippen molar-refractivity contribution in [3.05, 3.63) is 59.4 Å². The van der Waals surface area contributed by atoms with Crippen LogP contribution in [0.2, 0.25) is 0 Å². The molecule has 8 nitrogen and oxygen atoms in total. The van der Waals surface area contributed by atoms with Gasteiger partial charge in [-0.15, -0.1) is 0 Å². The van der Waals surface area contributed by atoms with E-state index < -0.39 is 27.7 Å². The maximum atomic E-state index is 13.4. The Kier molecular flexibility index (Phi) is 6.75. The van der Waals surface area contributed by atoms with Gasteiger partial charge in [0.05, 0.1) is 34.2 Å². The summed E-state index contributed by atoms with van der Waals surface area (Å²) in [6, 6.07) is 9.25. The van der Waals surface area contributed by atoms with Crippen molar-refractivity contribution in [2.45, 2.75) is 48.9 Å². The summed E-state index contributed by atoms with van der Waals surface area (Å²) in [6.07, 6.45) is -2.42. The number of ether oxygens (including phenoxy) is 2. The van der Waals surface area contributed by atoms with Crippen LogP contribution in [0.5, 0.6) is 0 Å². The van der Waals surface area contributed by atoms with Gasteiger partial charge in [-0.1, -0.05) is 12.1 Å². The zero-order chi connectivity index (χ0) is 26.4. The van der Waals surface area contributed by atoms with Crippen LogP contribution in [-0.4, -0.2) is 55.0 Å². The van der Waals surface area contributed by atoms with Crippen molar-refractivity contribution in [2.24, 2.45) is 0 Å². The summed E-state index contributed by atoms with van der Waals surface area (Å²) in [7, 11) is -2.78. The molecule has 3 heterocycles. The number of piperidine rings is 1. The minimum atomic E-state index is -4.48. The molecule has 0 N–H and O–H groups in total. The molecule has 5 rings (SSSR count). The van der Waals surface area contributed by atoms with E-state index in [4.69, 9.17) is 9.47 Å². The number of hydrogen-bond acceptors (Lipinski definition) is 6. The standard InChI is InChI=1S/C25H26F3N3O5S/c1-35-24(32)18-5-2-3-7-22(18)37(33,34)30-12-10-17(11-13-30)31-20-9-8-16(25(26,27)28)15-19(20)29-23(31)21-6-4-14-36-21/h2-3,5,7-9,15,17,21H,4,6,10-14H2,1H3.